The Morgan fingerprint density at radius 1 is 1.20 bits per heavy atom. The second-order valence-corrected chi connectivity index (χ2v) is 3.26. The third-order valence-electron chi connectivity index (χ3n) is 1.81. The Hall–Kier alpha value is -1.59. The third kappa shape index (κ3) is 3.97. The maximum atomic E-state index is 11.4. The summed E-state index contributed by atoms with van der Waals surface area (Å²) in [5, 5.41) is 2.36. The van der Waals surface area contributed by atoms with Gasteiger partial charge in [-0.25, -0.2) is 4.79 Å². The number of hydrogen-bond donors (Lipinski definition) is 1. The van der Waals surface area contributed by atoms with Crippen molar-refractivity contribution in [3.63, 3.8) is 0 Å². The fraction of sp³-hybridized carbons (Fsp3) is 0.667. The van der Waals surface area contributed by atoms with Crippen LogP contribution in [-0.2, 0) is 23.9 Å². The van der Waals surface area contributed by atoms with Crippen molar-refractivity contribution in [3.8, 4) is 0 Å². The van der Waals surface area contributed by atoms with E-state index in [2.05, 4.69) is 14.8 Å². The van der Waals surface area contributed by atoms with Crippen LogP contribution in [0.15, 0.2) is 0 Å². The first-order valence-electron chi connectivity index (χ1n) is 4.29. The number of methoxy groups -OCH3 is 2. The summed E-state index contributed by atoms with van der Waals surface area (Å²) in [7, 11) is 2.38. The summed E-state index contributed by atoms with van der Waals surface area (Å²) in [4.78, 5) is 33.3. The lowest BCUT2D eigenvalue weighted by Crippen LogP contribution is -2.53. The highest BCUT2D eigenvalue weighted by Crippen LogP contribution is 2.12. The second kappa shape index (κ2) is 5.33. The molecule has 15 heavy (non-hydrogen) atoms. The summed E-state index contributed by atoms with van der Waals surface area (Å²) in [5.41, 5.74) is -1.38. The lowest BCUT2D eigenvalue weighted by molar-refractivity contribution is -0.155. The molecule has 0 saturated heterocycles. The van der Waals surface area contributed by atoms with Gasteiger partial charge in [0.25, 0.3) is 0 Å². The van der Waals surface area contributed by atoms with Crippen LogP contribution in [0.25, 0.3) is 0 Å². The molecule has 0 bridgehead atoms. The predicted molar refractivity (Wildman–Crippen MR) is 50.9 cm³/mol. The lowest BCUT2D eigenvalue weighted by atomic mass is 9.98. The van der Waals surface area contributed by atoms with Crippen molar-refractivity contribution in [2.24, 2.45) is 0 Å². The average Bonchev–Trinajstić information content (AvgIpc) is 2.14. The maximum Gasteiger partial charge on any atom is 0.331 e. The smallest absolute Gasteiger partial charge is 0.331 e. The van der Waals surface area contributed by atoms with E-state index in [0.29, 0.717) is 0 Å². The average molecular weight is 217 g/mol. The summed E-state index contributed by atoms with van der Waals surface area (Å²) < 4.78 is 8.92. The van der Waals surface area contributed by atoms with E-state index >= 15 is 0 Å². The predicted octanol–water partition coefficient (Wildman–Crippen LogP) is -0.383. The van der Waals surface area contributed by atoms with Gasteiger partial charge in [0.1, 0.15) is 5.54 Å². The van der Waals surface area contributed by atoms with Gasteiger partial charge in [0.2, 0.25) is 5.91 Å². The second-order valence-electron chi connectivity index (χ2n) is 3.26. The molecular weight excluding hydrogens is 202 g/mol. The van der Waals surface area contributed by atoms with Crippen LogP contribution in [0.2, 0.25) is 0 Å². The van der Waals surface area contributed by atoms with Crippen molar-refractivity contribution in [1.29, 1.82) is 0 Å². The minimum atomic E-state index is -1.38. The molecule has 1 atom stereocenters. The standard InChI is InChI=1S/C9H15NO5/c1-6(11)10-9(2,8(13)15-4)5-7(12)14-3/h5H2,1-4H3,(H,10,11). The Balaban J connectivity index is 4.76. The Morgan fingerprint density at radius 3 is 2.07 bits per heavy atom. The summed E-state index contributed by atoms with van der Waals surface area (Å²) in [6, 6.07) is 0. The van der Waals surface area contributed by atoms with Crippen molar-refractivity contribution >= 4 is 17.8 Å². The Morgan fingerprint density at radius 2 is 1.73 bits per heavy atom. The first-order valence-corrected chi connectivity index (χ1v) is 4.29. The van der Waals surface area contributed by atoms with Gasteiger partial charge in [0.15, 0.2) is 0 Å². The zero-order chi connectivity index (χ0) is 12.1. The van der Waals surface area contributed by atoms with Crippen LogP contribution >= 0.6 is 0 Å². The van der Waals surface area contributed by atoms with Gasteiger partial charge < -0.3 is 14.8 Å². The molecule has 6 nitrogen and oxygen atoms in total. The fourth-order valence-electron chi connectivity index (χ4n) is 1.14. The van der Waals surface area contributed by atoms with Crippen LogP contribution in [0.1, 0.15) is 20.3 Å². The molecule has 0 aliphatic heterocycles. The first kappa shape index (κ1) is 13.4. The number of carbonyl (C=O) groups is 3. The van der Waals surface area contributed by atoms with E-state index < -0.39 is 23.4 Å². The molecule has 0 aromatic rings. The number of esters is 2. The van der Waals surface area contributed by atoms with E-state index in [1.165, 1.54) is 28.1 Å². The molecule has 6 heteroatoms. The summed E-state index contributed by atoms with van der Waals surface area (Å²) in [6.07, 6.45) is -0.268. The number of amides is 1. The normalized spacial score (nSPS) is 13.6. The molecule has 0 saturated carbocycles. The van der Waals surface area contributed by atoms with Gasteiger partial charge in [-0.2, -0.15) is 0 Å². The van der Waals surface area contributed by atoms with E-state index in [4.69, 9.17) is 0 Å². The SMILES string of the molecule is COC(=O)CC(C)(NC(C)=O)C(=O)OC. The zero-order valence-electron chi connectivity index (χ0n) is 9.25. The molecule has 0 fully saturated rings. The minimum absolute atomic E-state index is 0.268. The Kier molecular flexibility index (Phi) is 4.77. The van der Waals surface area contributed by atoms with E-state index in [9.17, 15) is 14.4 Å². The van der Waals surface area contributed by atoms with Crippen molar-refractivity contribution in [1.82, 2.24) is 5.32 Å². The van der Waals surface area contributed by atoms with Crippen molar-refractivity contribution in [2.45, 2.75) is 25.8 Å². The third-order valence-corrected chi connectivity index (χ3v) is 1.81. The number of nitrogens with one attached hydrogen (secondary N) is 1. The van der Waals surface area contributed by atoms with E-state index in [1.54, 1.807) is 0 Å². The molecule has 1 amide bonds. The van der Waals surface area contributed by atoms with E-state index in [-0.39, 0.29) is 6.42 Å². The molecule has 0 radical (unpaired) electrons. The van der Waals surface area contributed by atoms with Gasteiger partial charge >= 0.3 is 11.9 Å². The molecule has 0 spiro atoms. The quantitative estimate of drug-likeness (QED) is 0.649. The van der Waals surface area contributed by atoms with Gasteiger partial charge in [-0.15, -0.1) is 0 Å². The maximum absolute atomic E-state index is 11.4. The lowest BCUT2D eigenvalue weighted by Gasteiger charge is -2.25. The number of carbonyl (C=O) groups excluding carboxylic acids is 3. The van der Waals surface area contributed by atoms with E-state index in [1.807, 2.05) is 0 Å². The summed E-state index contributed by atoms with van der Waals surface area (Å²) in [6.45, 7) is 2.65. The molecule has 0 aliphatic rings. The van der Waals surface area contributed by atoms with Crippen molar-refractivity contribution < 1.29 is 23.9 Å². The van der Waals surface area contributed by atoms with Crippen LogP contribution in [0.5, 0.6) is 0 Å². The van der Waals surface area contributed by atoms with Gasteiger partial charge in [-0.05, 0) is 6.92 Å². The largest absolute Gasteiger partial charge is 0.469 e. The van der Waals surface area contributed by atoms with Crippen molar-refractivity contribution in [2.75, 3.05) is 14.2 Å². The molecular formula is C9H15NO5. The Bertz CT molecular complexity index is 276. The van der Waals surface area contributed by atoms with Gasteiger partial charge in [0.05, 0.1) is 20.6 Å². The minimum Gasteiger partial charge on any atom is -0.469 e. The fourth-order valence-corrected chi connectivity index (χ4v) is 1.14. The molecule has 0 aromatic heterocycles. The molecule has 86 valence electrons. The molecule has 1 unspecified atom stereocenters. The van der Waals surface area contributed by atoms with Gasteiger partial charge in [-0.3, -0.25) is 9.59 Å². The van der Waals surface area contributed by atoms with Crippen LogP contribution < -0.4 is 5.32 Å². The van der Waals surface area contributed by atoms with Crippen molar-refractivity contribution in [3.05, 3.63) is 0 Å². The molecule has 1 N–H and O–H groups in total. The molecule has 0 aromatic carbocycles. The topological polar surface area (TPSA) is 81.7 Å². The number of rotatable bonds is 4. The molecule has 0 aliphatic carbocycles. The highest BCUT2D eigenvalue weighted by Gasteiger charge is 2.38. The van der Waals surface area contributed by atoms with Gasteiger partial charge in [0, 0.05) is 6.92 Å². The van der Waals surface area contributed by atoms with Crippen LogP contribution in [0.4, 0.5) is 0 Å². The first-order chi connectivity index (χ1) is 6.85. The van der Waals surface area contributed by atoms with Crippen LogP contribution in [0.3, 0.4) is 0 Å². The monoisotopic (exact) mass is 217 g/mol. The molecule has 0 rings (SSSR count). The van der Waals surface area contributed by atoms with E-state index in [0.717, 1.165) is 0 Å². The van der Waals surface area contributed by atoms with Crippen LogP contribution in [-0.4, -0.2) is 37.6 Å². The number of hydrogen-bond acceptors (Lipinski definition) is 5. The highest BCUT2D eigenvalue weighted by molar-refractivity contribution is 5.90. The molecule has 0 heterocycles. The highest BCUT2D eigenvalue weighted by atomic mass is 16.5. The summed E-state index contributed by atoms with van der Waals surface area (Å²) in [5.74, 6) is -1.72. The van der Waals surface area contributed by atoms with Gasteiger partial charge in [-0.1, -0.05) is 0 Å². The zero-order valence-corrected chi connectivity index (χ0v) is 9.25. The Labute approximate surface area is 87.9 Å². The number of ether oxygens (including phenoxy) is 2. The summed E-state index contributed by atoms with van der Waals surface area (Å²) >= 11 is 0. The van der Waals surface area contributed by atoms with Crippen LogP contribution in [0, 0.1) is 0 Å².